The van der Waals surface area contributed by atoms with Crippen LogP contribution in [0.5, 0.6) is 0 Å². The van der Waals surface area contributed by atoms with Crippen molar-refractivity contribution in [3.63, 3.8) is 0 Å². The monoisotopic (exact) mass is 343 g/mol. The molecule has 0 aliphatic heterocycles. The Morgan fingerprint density at radius 1 is 1.12 bits per heavy atom. The third-order valence-corrected chi connectivity index (χ3v) is 4.65. The number of fused-ring (bicyclic) bond motifs is 1. The van der Waals surface area contributed by atoms with Gasteiger partial charge in [-0.2, -0.15) is 0 Å². The number of carbonyl (C=O) groups excluding carboxylic acids is 1. The molecule has 0 fully saturated rings. The van der Waals surface area contributed by atoms with Gasteiger partial charge in [-0.3, -0.25) is 9.59 Å². The molecule has 3 rings (SSSR count). The van der Waals surface area contributed by atoms with Crippen LogP contribution in [0.4, 0.5) is 9.39 Å². The largest absolute Gasteiger partial charge is 0.481 e. The predicted molar refractivity (Wildman–Crippen MR) is 91.7 cm³/mol. The van der Waals surface area contributed by atoms with E-state index in [1.807, 2.05) is 6.07 Å². The molecule has 3 aromatic rings. The lowest BCUT2D eigenvalue weighted by atomic mass is 9.99. The molecule has 0 aliphatic rings. The first-order valence-electron chi connectivity index (χ1n) is 7.29. The molecule has 0 bridgehead atoms. The van der Waals surface area contributed by atoms with Gasteiger partial charge in [-0.25, -0.2) is 4.39 Å². The van der Waals surface area contributed by atoms with Gasteiger partial charge in [0.2, 0.25) is 5.91 Å². The number of carboxylic acid groups (broad SMARTS) is 1. The van der Waals surface area contributed by atoms with Crippen molar-refractivity contribution in [3.05, 3.63) is 66.0 Å². The van der Waals surface area contributed by atoms with Crippen LogP contribution < -0.4 is 5.32 Å². The molecule has 0 radical (unpaired) electrons. The maximum atomic E-state index is 13.2. The van der Waals surface area contributed by atoms with Crippen LogP contribution in [0.25, 0.3) is 10.1 Å². The molecule has 24 heavy (non-hydrogen) atoms. The van der Waals surface area contributed by atoms with Gasteiger partial charge in [-0.05, 0) is 41.6 Å². The number of hydrogen-bond acceptors (Lipinski definition) is 3. The average Bonchev–Trinajstić information content (AvgIpc) is 2.94. The van der Waals surface area contributed by atoms with Gasteiger partial charge in [0.1, 0.15) is 11.7 Å². The molecule has 0 saturated heterocycles. The first kappa shape index (κ1) is 16.1. The summed E-state index contributed by atoms with van der Waals surface area (Å²) in [7, 11) is 0. The molecule has 0 spiro atoms. The SMILES string of the molecule is O=C(O)C(Cc1ccccc1)C(=O)Nc1cc2cc(F)ccc2s1. The minimum Gasteiger partial charge on any atom is -0.481 e. The molecule has 6 heteroatoms. The second kappa shape index (κ2) is 6.80. The highest BCUT2D eigenvalue weighted by Crippen LogP contribution is 2.30. The molecule has 4 nitrogen and oxygen atoms in total. The summed E-state index contributed by atoms with van der Waals surface area (Å²) in [5, 5.41) is 13.2. The number of hydrogen-bond donors (Lipinski definition) is 2. The fourth-order valence-corrected chi connectivity index (χ4v) is 3.37. The van der Waals surface area contributed by atoms with Gasteiger partial charge >= 0.3 is 5.97 Å². The third-order valence-electron chi connectivity index (χ3n) is 3.62. The molecular weight excluding hydrogens is 329 g/mol. The molecular formula is C18H14FNO3S. The molecule has 2 aromatic carbocycles. The number of benzene rings is 2. The summed E-state index contributed by atoms with van der Waals surface area (Å²) in [6, 6.07) is 15.0. The van der Waals surface area contributed by atoms with Crippen molar-refractivity contribution in [3.8, 4) is 0 Å². The standard InChI is InChI=1S/C18H14FNO3S/c19-13-6-7-15-12(9-13)10-16(24-15)20-17(21)14(18(22)23)8-11-4-2-1-3-5-11/h1-7,9-10,14H,8H2,(H,20,21)(H,22,23). The van der Waals surface area contributed by atoms with Crippen LogP contribution in [0, 0.1) is 11.7 Å². The second-order valence-corrected chi connectivity index (χ2v) is 6.45. The van der Waals surface area contributed by atoms with E-state index in [9.17, 15) is 19.1 Å². The molecule has 1 amide bonds. The molecule has 0 saturated carbocycles. The first-order chi connectivity index (χ1) is 11.5. The first-order valence-corrected chi connectivity index (χ1v) is 8.11. The van der Waals surface area contributed by atoms with E-state index in [1.165, 1.54) is 23.5 Å². The van der Waals surface area contributed by atoms with Gasteiger partial charge in [-0.1, -0.05) is 30.3 Å². The lowest BCUT2D eigenvalue weighted by Crippen LogP contribution is -2.31. The second-order valence-electron chi connectivity index (χ2n) is 5.36. The maximum Gasteiger partial charge on any atom is 0.316 e. The Morgan fingerprint density at radius 3 is 2.58 bits per heavy atom. The van der Waals surface area contributed by atoms with Crippen molar-refractivity contribution in [1.82, 2.24) is 0 Å². The van der Waals surface area contributed by atoms with E-state index in [4.69, 9.17) is 0 Å². The highest BCUT2D eigenvalue weighted by molar-refractivity contribution is 7.22. The zero-order chi connectivity index (χ0) is 17.1. The number of nitrogens with one attached hydrogen (secondary N) is 1. The van der Waals surface area contributed by atoms with Gasteiger partial charge in [0.25, 0.3) is 0 Å². The Bertz CT molecular complexity index is 892. The van der Waals surface area contributed by atoms with E-state index >= 15 is 0 Å². The highest BCUT2D eigenvalue weighted by Gasteiger charge is 2.27. The molecule has 1 heterocycles. The summed E-state index contributed by atoms with van der Waals surface area (Å²) in [6.45, 7) is 0. The number of carbonyl (C=O) groups is 2. The highest BCUT2D eigenvalue weighted by atomic mass is 32.1. The minimum absolute atomic E-state index is 0.113. The Labute approximate surface area is 141 Å². The smallest absolute Gasteiger partial charge is 0.316 e. The fraction of sp³-hybridized carbons (Fsp3) is 0.111. The maximum absolute atomic E-state index is 13.2. The van der Waals surface area contributed by atoms with Crippen LogP contribution in [0.1, 0.15) is 5.56 Å². The van der Waals surface area contributed by atoms with Crippen molar-refractivity contribution in [2.75, 3.05) is 5.32 Å². The lowest BCUT2D eigenvalue weighted by Gasteiger charge is -2.12. The normalized spacial score (nSPS) is 12.0. The predicted octanol–water partition coefficient (Wildman–Crippen LogP) is 3.92. The number of aliphatic carboxylic acids is 1. The molecule has 0 aliphatic carbocycles. The van der Waals surface area contributed by atoms with Gasteiger partial charge in [0.05, 0.1) is 5.00 Å². The number of halogens is 1. The van der Waals surface area contributed by atoms with Crippen molar-refractivity contribution in [2.24, 2.45) is 5.92 Å². The van der Waals surface area contributed by atoms with E-state index in [2.05, 4.69) is 5.32 Å². The average molecular weight is 343 g/mol. The summed E-state index contributed by atoms with van der Waals surface area (Å²) in [5.41, 5.74) is 0.776. The summed E-state index contributed by atoms with van der Waals surface area (Å²) in [6.07, 6.45) is 0.113. The summed E-state index contributed by atoms with van der Waals surface area (Å²) in [4.78, 5) is 23.8. The Morgan fingerprint density at radius 2 is 1.88 bits per heavy atom. The van der Waals surface area contributed by atoms with Crippen LogP contribution in [-0.4, -0.2) is 17.0 Å². The molecule has 1 atom stereocenters. The number of amides is 1. The van der Waals surface area contributed by atoms with Crippen molar-refractivity contribution in [1.29, 1.82) is 0 Å². The zero-order valence-corrected chi connectivity index (χ0v) is 13.3. The van der Waals surface area contributed by atoms with Crippen LogP contribution in [0.2, 0.25) is 0 Å². The minimum atomic E-state index is -1.19. The van der Waals surface area contributed by atoms with Crippen LogP contribution in [0.15, 0.2) is 54.6 Å². The van der Waals surface area contributed by atoms with Crippen molar-refractivity contribution >= 4 is 38.3 Å². The quantitative estimate of drug-likeness (QED) is 0.690. The molecule has 122 valence electrons. The van der Waals surface area contributed by atoms with Gasteiger partial charge in [-0.15, -0.1) is 11.3 Å². The Kier molecular flexibility index (Phi) is 4.57. The topological polar surface area (TPSA) is 66.4 Å². The van der Waals surface area contributed by atoms with E-state index < -0.39 is 17.8 Å². The van der Waals surface area contributed by atoms with E-state index in [0.29, 0.717) is 10.4 Å². The number of carboxylic acids is 1. The van der Waals surface area contributed by atoms with Gasteiger partial charge in [0.15, 0.2) is 0 Å². The van der Waals surface area contributed by atoms with E-state index in [1.54, 1.807) is 36.4 Å². The zero-order valence-electron chi connectivity index (χ0n) is 12.5. The van der Waals surface area contributed by atoms with Crippen molar-refractivity contribution in [2.45, 2.75) is 6.42 Å². The van der Waals surface area contributed by atoms with Crippen molar-refractivity contribution < 1.29 is 19.1 Å². The number of anilines is 1. The van der Waals surface area contributed by atoms with Crippen LogP contribution in [-0.2, 0) is 16.0 Å². The Balaban J connectivity index is 1.78. The van der Waals surface area contributed by atoms with Crippen LogP contribution in [0.3, 0.4) is 0 Å². The van der Waals surface area contributed by atoms with Gasteiger partial charge < -0.3 is 10.4 Å². The number of rotatable bonds is 5. The lowest BCUT2D eigenvalue weighted by molar-refractivity contribution is -0.145. The molecule has 2 N–H and O–H groups in total. The Hall–Kier alpha value is -2.73. The van der Waals surface area contributed by atoms with E-state index in [-0.39, 0.29) is 12.2 Å². The molecule has 1 unspecified atom stereocenters. The summed E-state index contributed by atoms with van der Waals surface area (Å²) >= 11 is 1.28. The number of thiophene rings is 1. The molecule has 1 aromatic heterocycles. The summed E-state index contributed by atoms with van der Waals surface area (Å²) < 4.78 is 14.0. The summed E-state index contributed by atoms with van der Waals surface area (Å²) in [5.74, 6) is -3.30. The third kappa shape index (κ3) is 3.60. The van der Waals surface area contributed by atoms with E-state index in [0.717, 1.165) is 10.3 Å². The van der Waals surface area contributed by atoms with Gasteiger partial charge in [0, 0.05) is 4.70 Å². The fourth-order valence-electron chi connectivity index (χ4n) is 2.43. The van der Waals surface area contributed by atoms with Crippen LogP contribution >= 0.6 is 11.3 Å².